The number of nitrogens with one attached hydrogen (secondary N) is 3. The molecular weight excluding hydrogens is 388 g/mol. The summed E-state index contributed by atoms with van der Waals surface area (Å²) in [6, 6.07) is 9.77. The first-order chi connectivity index (χ1) is 14.2. The van der Waals surface area contributed by atoms with Gasteiger partial charge in [0.05, 0.1) is 19.1 Å². The van der Waals surface area contributed by atoms with Crippen molar-refractivity contribution in [3.63, 3.8) is 0 Å². The highest BCUT2D eigenvalue weighted by atomic mass is 16.5. The van der Waals surface area contributed by atoms with Crippen LogP contribution in [-0.2, 0) is 27.5 Å². The quantitative estimate of drug-likeness (QED) is 0.494. The average molecular weight is 416 g/mol. The van der Waals surface area contributed by atoms with Crippen LogP contribution in [0.3, 0.4) is 0 Å². The molecule has 1 aromatic carbocycles. The van der Waals surface area contributed by atoms with Gasteiger partial charge in [0.2, 0.25) is 11.8 Å². The Hall–Kier alpha value is -3.33. The summed E-state index contributed by atoms with van der Waals surface area (Å²) in [5, 5.41) is 7.78. The van der Waals surface area contributed by atoms with Gasteiger partial charge in [-0.3, -0.25) is 9.59 Å². The Morgan fingerprint density at radius 3 is 2.37 bits per heavy atom. The van der Waals surface area contributed by atoms with Gasteiger partial charge in [0.1, 0.15) is 18.1 Å². The molecule has 1 unspecified atom stereocenters. The number of carbonyl (C=O) groups is 3. The molecule has 0 fully saturated rings. The van der Waals surface area contributed by atoms with E-state index in [0.29, 0.717) is 11.4 Å². The molecule has 2 aromatic rings. The van der Waals surface area contributed by atoms with Crippen molar-refractivity contribution < 1.29 is 23.5 Å². The third-order valence-electron chi connectivity index (χ3n) is 4.25. The number of hydrogen-bond acceptors (Lipinski definition) is 6. The monoisotopic (exact) mass is 416 g/mol. The molecule has 1 heterocycles. The predicted octanol–water partition coefficient (Wildman–Crippen LogP) is 2.05. The zero-order chi connectivity index (χ0) is 22.1. The van der Waals surface area contributed by atoms with Crippen molar-refractivity contribution in [2.75, 3.05) is 11.9 Å². The number of benzene rings is 1. The Balaban J connectivity index is 1.70. The van der Waals surface area contributed by atoms with Crippen LogP contribution in [0.2, 0.25) is 0 Å². The number of alkyl carbamates (subject to hydrolysis) is 1. The Labute approximate surface area is 175 Å². The second-order valence-electron chi connectivity index (χ2n) is 7.17. The minimum Gasteiger partial charge on any atom is -0.465 e. The maximum Gasteiger partial charge on any atom is 0.407 e. The third kappa shape index (κ3) is 7.59. The third-order valence-corrected chi connectivity index (χ3v) is 4.25. The first kappa shape index (κ1) is 23.0. The number of hydrogen-bond donors (Lipinski definition) is 4. The highest BCUT2D eigenvalue weighted by Gasteiger charge is 2.17. The number of aryl methyl sites for hydroxylation is 1. The van der Waals surface area contributed by atoms with Crippen LogP contribution in [-0.4, -0.2) is 30.5 Å². The van der Waals surface area contributed by atoms with E-state index in [0.717, 1.165) is 11.3 Å². The molecule has 0 spiro atoms. The summed E-state index contributed by atoms with van der Waals surface area (Å²) in [7, 11) is 0. The lowest BCUT2D eigenvalue weighted by Gasteiger charge is -2.15. The lowest BCUT2D eigenvalue weighted by atomic mass is 10.1. The molecule has 5 N–H and O–H groups in total. The first-order valence-electron chi connectivity index (χ1n) is 9.62. The van der Waals surface area contributed by atoms with Crippen LogP contribution < -0.4 is 21.7 Å². The molecule has 0 saturated carbocycles. The molecule has 2 rings (SSSR count). The van der Waals surface area contributed by atoms with Crippen molar-refractivity contribution in [1.29, 1.82) is 0 Å². The number of carbonyl (C=O) groups excluding carboxylic acids is 3. The summed E-state index contributed by atoms with van der Waals surface area (Å²) in [6.07, 6.45) is -0.559. The number of nitrogens with two attached hydrogens (primary N) is 1. The maximum absolute atomic E-state index is 11.9. The topological polar surface area (TPSA) is 136 Å². The lowest BCUT2D eigenvalue weighted by Crippen LogP contribution is -2.46. The van der Waals surface area contributed by atoms with Crippen molar-refractivity contribution in [2.24, 2.45) is 11.7 Å². The van der Waals surface area contributed by atoms with E-state index in [1.807, 2.05) is 26.8 Å². The van der Waals surface area contributed by atoms with Crippen LogP contribution in [0.4, 0.5) is 10.5 Å². The van der Waals surface area contributed by atoms with Crippen LogP contribution in [0.25, 0.3) is 0 Å². The highest BCUT2D eigenvalue weighted by molar-refractivity contribution is 5.95. The molecule has 30 heavy (non-hydrogen) atoms. The molecule has 9 heteroatoms. The predicted molar refractivity (Wildman–Crippen MR) is 111 cm³/mol. The summed E-state index contributed by atoms with van der Waals surface area (Å²) < 4.78 is 10.5. The Bertz CT molecular complexity index is 861. The number of ether oxygens (including phenoxy) is 1. The molecule has 1 aromatic heterocycles. The van der Waals surface area contributed by atoms with Crippen molar-refractivity contribution in [3.8, 4) is 0 Å². The van der Waals surface area contributed by atoms with Gasteiger partial charge in [-0.25, -0.2) is 4.79 Å². The summed E-state index contributed by atoms with van der Waals surface area (Å²) in [6.45, 7) is 5.65. The van der Waals surface area contributed by atoms with Gasteiger partial charge in [-0.2, -0.15) is 0 Å². The summed E-state index contributed by atoms with van der Waals surface area (Å²) in [5.41, 5.74) is 7.04. The van der Waals surface area contributed by atoms with Gasteiger partial charge >= 0.3 is 6.09 Å². The zero-order valence-corrected chi connectivity index (χ0v) is 17.4. The smallest absolute Gasteiger partial charge is 0.407 e. The summed E-state index contributed by atoms with van der Waals surface area (Å²) >= 11 is 0. The van der Waals surface area contributed by atoms with Crippen molar-refractivity contribution >= 4 is 23.6 Å². The largest absolute Gasteiger partial charge is 0.465 e. The van der Waals surface area contributed by atoms with Crippen LogP contribution in [0.15, 0.2) is 40.8 Å². The van der Waals surface area contributed by atoms with Gasteiger partial charge in [0.25, 0.3) is 0 Å². The van der Waals surface area contributed by atoms with E-state index in [4.69, 9.17) is 14.9 Å². The van der Waals surface area contributed by atoms with E-state index in [1.54, 1.807) is 30.3 Å². The molecule has 1 atom stereocenters. The van der Waals surface area contributed by atoms with Gasteiger partial charge in [-0.05, 0) is 42.7 Å². The number of furan rings is 1. The van der Waals surface area contributed by atoms with E-state index in [2.05, 4.69) is 16.0 Å². The van der Waals surface area contributed by atoms with Gasteiger partial charge in [-0.15, -0.1) is 0 Å². The minimum absolute atomic E-state index is 0.0146. The number of anilines is 1. The minimum atomic E-state index is -0.655. The molecule has 3 amide bonds. The molecule has 0 aliphatic carbocycles. The molecular formula is C21H28N4O5. The van der Waals surface area contributed by atoms with Gasteiger partial charge in [-0.1, -0.05) is 26.0 Å². The van der Waals surface area contributed by atoms with Crippen LogP contribution >= 0.6 is 0 Å². The SMILES string of the molecule is Cc1ccc(CNC(=O)OCc2ccc(NC(=O)CNC(=O)C(N)C(C)C)cc2)o1. The normalized spacial score (nSPS) is 11.6. The fourth-order valence-electron chi connectivity index (χ4n) is 2.42. The second kappa shape index (κ2) is 11.0. The van der Waals surface area contributed by atoms with Gasteiger partial charge in [0, 0.05) is 5.69 Å². The summed E-state index contributed by atoms with van der Waals surface area (Å²) in [4.78, 5) is 35.5. The molecule has 0 aliphatic rings. The van der Waals surface area contributed by atoms with Crippen LogP contribution in [0.5, 0.6) is 0 Å². The molecule has 9 nitrogen and oxygen atoms in total. The van der Waals surface area contributed by atoms with E-state index in [9.17, 15) is 14.4 Å². The van der Waals surface area contributed by atoms with E-state index < -0.39 is 12.1 Å². The molecule has 0 aliphatic heterocycles. The number of rotatable bonds is 9. The van der Waals surface area contributed by atoms with Crippen molar-refractivity contribution in [3.05, 3.63) is 53.5 Å². The molecule has 0 saturated heterocycles. The second-order valence-corrected chi connectivity index (χ2v) is 7.17. The van der Waals surface area contributed by atoms with Gasteiger partial charge < -0.3 is 30.8 Å². The van der Waals surface area contributed by atoms with Crippen LogP contribution in [0.1, 0.15) is 30.9 Å². The average Bonchev–Trinajstić information content (AvgIpc) is 3.14. The lowest BCUT2D eigenvalue weighted by molar-refractivity contribution is -0.125. The van der Waals surface area contributed by atoms with E-state index in [1.165, 1.54) is 0 Å². The standard InChI is InChI=1S/C21H28N4O5/c1-13(2)19(22)20(27)23-11-18(26)25-16-7-5-15(6-8-16)12-29-21(28)24-10-17-9-4-14(3)30-17/h4-9,13,19H,10-12,22H2,1-3H3,(H,23,27)(H,24,28)(H,25,26). The molecule has 162 valence electrons. The molecule has 0 radical (unpaired) electrons. The first-order valence-corrected chi connectivity index (χ1v) is 9.62. The van der Waals surface area contributed by atoms with E-state index >= 15 is 0 Å². The zero-order valence-electron chi connectivity index (χ0n) is 17.4. The Morgan fingerprint density at radius 2 is 1.77 bits per heavy atom. The van der Waals surface area contributed by atoms with Crippen LogP contribution in [0, 0.1) is 12.8 Å². The Kier molecular flexibility index (Phi) is 8.42. The fraction of sp³-hybridized carbons (Fsp3) is 0.381. The molecule has 0 bridgehead atoms. The van der Waals surface area contributed by atoms with Crippen molar-refractivity contribution in [2.45, 2.75) is 40.0 Å². The maximum atomic E-state index is 11.9. The van der Waals surface area contributed by atoms with E-state index in [-0.39, 0.29) is 37.4 Å². The fourth-order valence-corrected chi connectivity index (χ4v) is 2.42. The number of amides is 3. The highest BCUT2D eigenvalue weighted by Crippen LogP contribution is 2.11. The van der Waals surface area contributed by atoms with Gasteiger partial charge in [0.15, 0.2) is 0 Å². The Morgan fingerprint density at radius 1 is 1.07 bits per heavy atom. The summed E-state index contributed by atoms with van der Waals surface area (Å²) in [5.74, 6) is 0.670. The van der Waals surface area contributed by atoms with Crippen molar-refractivity contribution in [1.82, 2.24) is 10.6 Å².